The molecule has 0 bridgehead atoms. The fourth-order valence-corrected chi connectivity index (χ4v) is 4.30. The minimum Gasteiger partial charge on any atom is -0.355 e. The predicted octanol–water partition coefficient (Wildman–Crippen LogP) is 3.38. The fraction of sp³-hybridized carbons (Fsp3) is 0.391. The van der Waals surface area contributed by atoms with Crippen LogP contribution in [0.1, 0.15) is 30.4 Å². The maximum absolute atomic E-state index is 7.79. The van der Waals surface area contributed by atoms with Crippen LogP contribution in [-0.4, -0.2) is 42.2 Å². The van der Waals surface area contributed by atoms with Crippen molar-refractivity contribution >= 4 is 36.2 Å². The number of hydrogen-bond acceptors (Lipinski definition) is 7. The maximum Gasteiger partial charge on any atom is 0.131 e. The van der Waals surface area contributed by atoms with Gasteiger partial charge in [0.1, 0.15) is 5.82 Å². The predicted molar refractivity (Wildman–Crippen MR) is 127 cm³/mol. The van der Waals surface area contributed by atoms with Gasteiger partial charge in [-0.3, -0.25) is 4.31 Å². The lowest BCUT2D eigenvalue weighted by Gasteiger charge is -2.23. The van der Waals surface area contributed by atoms with E-state index in [-0.39, 0.29) is 5.54 Å². The Morgan fingerprint density at radius 1 is 1.33 bits per heavy atom. The first-order valence-electron chi connectivity index (χ1n) is 10.2. The molecule has 1 spiro atoms. The summed E-state index contributed by atoms with van der Waals surface area (Å²) in [4.78, 5) is 6.54. The van der Waals surface area contributed by atoms with Crippen molar-refractivity contribution in [3.05, 3.63) is 47.7 Å². The molecular formula is C23H28N6S. The van der Waals surface area contributed by atoms with Gasteiger partial charge in [-0.15, -0.1) is 6.42 Å². The Labute approximate surface area is 183 Å². The topological polar surface area (TPSA) is 81.3 Å². The van der Waals surface area contributed by atoms with Gasteiger partial charge in [0.15, 0.2) is 0 Å². The molecule has 1 aromatic heterocycles. The number of nitrogens with one attached hydrogen (secondary N) is 2. The molecule has 1 heterocycles. The molecule has 0 aliphatic heterocycles. The van der Waals surface area contributed by atoms with Crippen molar-refractivity contribution in [2.24, 2.45) is 11.1 Å². The first-order chi connectivity index (χ1) is 14.4. The number of nitrogens with zero attached hydrogens (tertiary/aromatic N) is 3. The van der Waals surface area contributed by atoms with Crippen LogP contribution in [-0.2, 0) is 5.54 Å². The zero-order valence-corrected chi connectivity index (χ0v) is 18.1. The Hall–Kier alpha value is -2.53. The number of anilines is 3. The molecule has 2 aromatic rings. The van der Waals surface area contributed by atoms with Gasteiger partial charge in [0.05, 0.1) is 6.54 Å². The van der Waals surface area contributed by atoms with Crippen LogP contribution in [0.25, 0.3) is 0 Å². The average Bonchev–Trinajstić information content (AvgIpc) is 3.63. The summed E-state index contributed by atoms with van der Waals surface area (Å²) in [6, 6.07) is 10.0. The number of hydrogen-bond donors (Lipinski definition) is 4. The van der Waals surface area contributed by atoms with Gasteiger partial charge in [-0.05, 0) is 49.4 Å². The minimum atomic E-state index is -0.212. The van der Waals surface area contributed by atoms with Crippen molar-refractivity contribution in [3.63, 3.8) is 0 Å². The van der Waals surface area contributed by atoms with Crippen molar-refractivity contribution < 1.29 is 0 Å². The lowest BCUT2D eigenvalue weighted by atomic mass is 9.99. The Morgan fingerprint density at radius 3 is 2.77 bits per heavy atom. The molecule has 0 saturated heterocycles. The Kier molecular flexibility index (Phi) is 5.49. The second kappa shape index (κ2) is 7.95. The Morgan fingerprint density at radius 2 is 2.13 bits per heavy atom. The number of thiol groups is 1. The summed E-state index contributed by atoms with van der Waals surface area (Å²) in [6.45, 7) is 1.95. The number of aromatic nitrogens is 1. The van der Waals surface area contributed by atoms with E-state index < -0.39 is 0 Å². The second-order valence-electron chi connectivity index (χ2n) is 8.41. The van der Waals surface area contributed by atoms with E-state index in [0.717, 1.165) is 47.8 Å². The molecule has 2 fully saturated rings. The zero-order chi connectivity index (χ0) is 21.4. The van der Waals surface area contributed by atoms with Crippen LogP contribution in [0.4, 0.5) is 17.2 Å². The van der Waals surface area contributed by atoms with Gasteiger partial charge in [-0.25, -0.2) is 4.98 Å². The first kappa shape index (κ1) is 20.7. The van der Waals surface area contributed by atoms with Crippen LogP contribution in [0.5, 0.6) is 0 Å². The third-order valence-electron chi connectivity index (χ3n) is 6.34. The Bertz CT molecular complexity index is 993. The van der Waals surface area contributed by atoms with Crippen LogP contribution in [0.15, 0.2) is 36.5 Å². The molecule has 7 heteroatoms. The lowest BCUT2D eigenvalue weighted by molar-refractivity contribution is 0.569. The number of terminal acetylenes is 1. The van der Waals surface area contributed by atoms with Crippen molar-refractivity contribution in [1.29, 1.82) is 5.41 Å². The molecule has 1 aromatic carbocycles. The van der Waals surface area contributed by atoms with Crippen LogP contribution in [0, 0.1) is 23.2 Å². The van der Waals surface area contributed by atoms with E-state index in [0.29, 0.717) is 12.0 Å². The van der Waals surface area contributed by atoms with E-state index >= 15 is 0 Å². The highest BCUT2D eigenvalue weighted by molar-refractivity contribution is 7.77. The third-order valence-corrected chi connectivity index (χ3v) is 6.54. The van der Waals surface area contributed by atoms with Crippen LogP contribution in [0.2, 0.25) is 0 Å². The van der Waals surface area contributed by atoms with Crippen LogP contribution < -0.4 is 16.0 Å². The molecule has 4 rings (SSSR count). The normalized spacial score (nSPS) is 20.6. The van der Waals surface area contributed by atoms with Crippen molar-refractivity contribution in [3.8, 4) is 12.3 Å². The number of rotatable bonds is 9. The number of nitrogens with two attached hydrogens (primary N) is 1. The molecule has 6 nitrogen and oxygen atoms in total. The highest BCUT2D eigenvalue weighted by Gasteiger charge is 2.72. The molecule has 2 saturated carbocycles. The highest BCUT2D eigenvalue weighted by Crippen LogP contribution is 2.76. The van der Waals surface area contributed by atoms with Crippen molar-refractivity contribution in [2.75, 3.05) is 36.9 Å². The van der Waals surface area contributed by atoms with Gasteiger partial charge in [0.25, 0.3) is 0 Å². The van der Waals surface area contributed by atoms with Crippen LogP contribution in [0.3, 0.4) is 0 Å². The zero-order valence-electron chi connectivity index (χ0n) is 17.2. The van der Waals surface area contributed by atoms with Gasteiger partial charge in [-0.1, -0.05) is 30.9 Å². The quantitative estimate of drug-likeness (QED) is 0.284. The lowest BCUT2D eigenvalue weighted by Crippen LogP contribution is -2.31. The molecule has 2 aliphatic carbocycles. The van der Waals surface area contributed by atoms with Crippen LogP contribution >= 0.6 is 12.8 Å². The summed E-state index contributed by atoms with van der Waals surface area (Å²) in [5, 5.41) is 11.3. The van der Waals surface area contributed by atoms with E-state index in [2.05, 4.69) is 41.2 Å². The monoisotopic (exact) mass is 420 g/mol. The summed E-state index contributed by atoms with van der Waals surface area (Å²) < 4.78 is 1.82. The maximum atomic E-state index is 7.79. The van der Waals surface area contributed by atoms with E-state index in [4.69, 9.17) is 17.6 Å². The summed E-state index contributed by atoms with van der Waals surface area (Å²) in [5.41, 5.74) is 10.5. The van der Waals surface area contributed by atoms with E-state index in [9.17, 15) is 0 Å². The van der Waals surface area contributed by atoms with Crippen molar-refractivity contribution in [1.82, 2.24) is 9.29 Å². The van der Waals surface area contributed by atoms with Gasteiger partial charge in [0, 0.05) is 54.0 Å². The molecule has 0 unspecified atom stereocenters. The molecule has 156 valence electrons. The highest BCUT2D eigenvalue weighted by atomic mass is 32.1. The molecule has 2 aliphatic rings. The third kappa shape index (κ3) is 3.91. The minimum absolute atomic E-state index is 0.212. The number of pyridine rings is 1. The van der Waals surface area contributed by atoms with Gasteiger partial charge in [0.2, 0.25) is 0 Å². The summed E-state index contributed by atoms with van der Waals surface area (Å²) in [7, 11) is 1.91. The summed E-state index contributed by atoms with van der Waals surface area (Å²) in [5.74, 6) is 3.50. The molecule has 0 amide bonds. The number of likely N-dealkylation sites (N-methyl/N-ethyl adjacent to an activating group) is 1. The van der Waals surface area contributed by atoms with E-state index in [1.54, 1.807) is 6.20 Å². The standard InChI is InChI=1S/C23H28N6S/c1-3-10-29(12-11-28(2)30)21-14-19(6-9-26-21)27-20-13-18(5-4-17(20)15-24)23(25)16-22(23)7-8-22/h1,4-6,9,13-15,24,30H,7-8,10-12,16,25H2,2H3,(H,26,27)/t23-/m1/s1. The first-order valence-corrected chi connectivity index (χ1v) is 10.6. The molecular weight excluding hydrogens is 392 g/mol. The Balaban J connectivity index is 1.57. The smallest absolute Gasteiger partial charge is 0.131 e. The second-order valence-corrected chi connectivity index (χ2v) is 9.09. The van der Waals surface area contributed by atoms with Gasteiger partial charge >= 0.3 is 0 Å². The van der Waals surface area contributed by atoms with Gasteiger partial charge in [-0.2, -0.15) is 0 Å². The number of benzene rings is 1. The molecule has 30 heavy (non-hydrogen) atoms. The SMILES string of the molecule is C#CCN(CCN(C)S)c1cc(Nc2cc([C@]3(N)CC34CC4)ccc2C=N)ccn1. The molecule has 4 N–H and O–H groups in total. The van der Waals surface area contributed by atoms with Crippen molar-refractivity contribution in [2.45, 2.75) is 24.8 Å². The average molecular weight is 421 g/mol. The largest absolute Gasteiger partial charge is 0.355 e. The fourth-order valence-electron chi connectivity index (χ4n) is 4.21. The van der Waals surface area contributed by atoms with Gasteiger partial charge < -0.3 is 21.4 Å². The van der Waals surface area contributed by atoms with E-state index in [1.807, 2.05) is 34.5 Å². The van der Waals surface area contributed by atoms with E-state index in [1.165, 1.54) is 19.1 Å². The summed E-state index contributed by atoms with van der Waals surface area (Å²) in [6.07, 6.45) is 12.2. The molecule has 0 radical (unpaired) electrons. The summed E-state index contributed by atoms with van der Waals surface area (Å²) >= 11 is 4.31. The molecule has 1 atom stereocenters.